The van der Waals surface area contributed by atoms with Gasteiger partial charge in [0.1, 0.15) is 6.54 Å². The Balaban J connectivity index is 0.00000441. The lowest BCUT2D eigenvalue weighted by molar-refractivity contribution is -0.697. The van der Waals surface area contributed by atoms with Crippen LogP contribution in [-0.2, 0) is 6.54 Å². The number of hydrogen-bond donors (Lipinski definition) is 0. The molecule has 1 aromatic rings. The van der Waals surface area contributed by atoms with Gasteiger partial charge in [0.2, 0.25) is 0 Å². The molecule has 0 N–H and O–H groups in total. The number of ketones is 1. The molecule has 126 valence electrons. The Morgan fingerprint density at radius 3 is 2.05 bits per heavy atom. The summed E-state index contributed by atoms with van der Waals surface area (Å²) >= 11 is 0. The second-order valence-electron chi connectivity index (χ2n) is 6.07. The van der Waals surface area contributed by atoms with Crippen LogP contribution in [0.3, 0.4) is 0 Å². The van der Waals surface area contributed by atoms with Gasteiger partial charge in [-0.05, 0) is 19.4 Å². The molecule has 0 saturated carbocycles. The van der Waals surface area contributed by atoms with Crippen molar-refractivity contribution in [1.29, 1.82) is 0 Å². The van der Waals surface area contributed by atoms with E-state index in [9.17, 15) is 4.79 Å². The molecule has 0 aromatic carbocycles. The number of aromatic nitrogens is 1. The zero-order chi connectivity index (χ0) is 15.3. The smallest absolute Gasteiger partial charge is 0.179 e. The number of pyridine rings is 1. The lowest BCUT2D eigenvalue weighted by atomic mass is 10.1. The Bertz CT molecular complexity index is 406. The van der Waals surface area contributed by atoms with E-state index in [0.29, 0.717) is 0 Å². The minimum atomic E-state index is 0. The Labute approximate surface area is 142 Å². The fourth-order valence-corrected chi connectivity index (χ4v) is 2.65. The number of carbonyl (C=O) groups is 1. The average molecular weight is 326 g/mol. The van der Waals surface area contributed by atoms with Gasteiger partial charge in [0, 0.05) is 12.5 Å². The molecule has 1 heterocycles. The number of hydrogen-bond acceptors (Lipinski definition) is 1. The van der Waals surface area contributed by atoms with Crippen LogP contribution in [0.5, 0.6) is 0 Å². The van der Waals surface area contributed by atoms with Crippen molar-refractivity contribution in [2.45, 2.75) is 84.6 Å². The van der Waals surface area contributed by atoms with Gasteiger partial charge in [0.05, 0.1) is 5.56 Å². The summed E-state index contributed by atoms with van der Waals surface area (Å²) in [5, 5.41) is 0. The lowest BCUT2D eigenvalue weighted by Crippen LogP contribution is -3.00. The summed E-state index contributed by atoms with van der Waals surface area (Å²) < 4.78 is 2.14. The van der Waals surface area contributed by atoms with Gasteiger partial charge in [-0.1, -0.05) is 58.3 Å². The van der Waals surface area contributed by atoms with Crippen LogP contribution >= 0.6 is 0 Å². The van der Waals surface area contributed by atoms with Crippen LogP contribution in [0.4, 0.5) is 0 Å². The maximum atomic E-state index is 11.3. The summed E-state index contributed by atoms with van der Waals surface area (Å²) in [5.74, 6) is 0.146. The molecule has 0 aliphatic heterocycles. The Hall–Kier alpha value is -0.890. The first-order valence-electron chi connectivity index (χ1n) is 8.74. The van der Waals surface area contributed by atoms with Crippen LogP contribution in [0.1, 0.15) is 88.4 Å². The van der Waals surface area contributed by atoms with Crippen molar-refractivity contribution in [3.05, 3.63) is 30.1 Å². The highest BCUT2D eigenvalue weighted by Gasteiger charge is 2.05. The number of aryl methyl sites for hydroxylation is 1. The summed E-state index contributed by atoms with van der Waals surface area (Å²) in [5.41, 5.74) is 0.810. The second kappa shape index (κ2) is 13.8. The van der Waals surface area contributed by atoms with Gasteiger partial charge in [0.15, 0.2) is 18.2 Å². The van der Waals surface area contributed by atoms with Crippen LogP contribution in [0.25, 0.3) is 0 Å². The zero-order valence-corrected chi connectivity index (χ0v) is 15.1. The fourth-order valence-electron chi connectivity index (χ4n) is 2.65. The van der Waals surface area contributed by atoms with Crippen LogP contribution in [0, 0.1) is 0 Å². The third-order valence-corrected chi connectivity index (χ3v) is 4.03. The molecule has 2 nitrogen and oxygen atoms in total. The predicted molar refractivity (Wildman–Crippen MR) is 88.5 cm³/mol. The van der Waals surface area contributed by atoms with Crippen LogP contribution in [0.15, 0.2) is 24.5 Å². The minimum absolute atomic E-state index is 0. The van der Waals surface area contributed by atoms with Gasteiger partial charge in [-0.2, -0.15) is 0 Å². The minimum Gasteiger partial charge on any atom is -1.00 e. The number of Topliss-reactive ketones (excluding diaryl/α,β-unsaturated/α-hetero) is 1. The maximum Gasteiger partial charge on any atom is 0.179 e. The van der Waals surface area contributed by atoms with E-state index in [2.05, 4.69) is 17.7 Å². The van der Waals surface area contributed by atoms with Crippen molar-refractivity contribution in [3.8, 4) is 0 Å². The van der Waals surface area contributed by atoms with Crippen molar-refractivity contribution in [1.82, 2.24) is 0 Å². The number of rotatable bonds is 12. The third-order valence-electron chi connectivity index (χ3n) is 4.03. The van der Waals surface area contributed by atoms with E-state index < -0.39 is 0 Å². The van der Waals surface area contributed by atoms with Crippen molar-refractivity contribution in [2.24, 2.45) is 0 Å². The first-order valence-corrected chi connectivity index (χ1v) is 8.74. The third kappa shape index (κ3) is 9.94. The number of carbonyl (C=O) groups excluding carboxylic acids is 1. The monoisotopic (exact) mass is 325 g/mol. The molecule has 0 saturated heterocycles. The van der Waals surface area contributed by atoms with Crippen LogP contribution in [0.2, 0.25) is 0 Å². The molecule has 0 radical (unpaired) electrons. The molecule has 0 bridgehead atoms. The van der Waals surface area contributed by atoms with Gasteiger partial charge in [0.25, 0.3) is 0 Å². The molecule has 3 heteroatoms. The van der Waals surface area contributed by atoms with Crippen molar-refractivity contribution >= 4 is 5.78 Å². The van der Waals surface area contributed by atoms with Crippen molar-refractivity contribution < 1.29 is 21.8 Å². The summed E-state index contributed by atoms with van der Waals surface area (Å²) in [7, 11) is 0. The van der Waals surface area contributed by atoms with Gasteiger partial charge >= 0.3 is 0 Å². The number of nitrogens with zero attached hydrogens (tertiary/aromatic N) is 1. The van der Waals surface area contributed by atoms with Crippen LogP contribution in [-0.4, -0.2) is 5.78 Å². The highest BCUT2D eigenvalue weighted by Crippen LogP contribution is 2.10. The van der Waals surface area contributed by atoms with E-state index in [1.54, 1.807) is 6.92 Å². The van der Waals surface area contributed by atoms with E-state index in [4.69, 9.17) is 0 Å². The molecule has 22 heavy (non-hydrogen) atoms. The molecule has 0 spiro atoms. The average Bonchev–Trinajstić information content (AvgIpc) is 2.49. The number of unbranched alkanes of at least 4 members (excludes halogenated alkanes) is 9. The molecule has 1 aromatic heterocycles. The maximum absolute atomic E-state index is 11.3. The summed E-state index contributed by atoms with van der Waals surface area (Å²) in [4.78, 5) is 11.3. The molecular formula is C19H32ClNO. The number of halogens is 1. The summed E-state index contributed by atoms with van der Waals surface area (Å²) in [6.07, 6.45) is 17.6. The molecule has 1 rings (SSSR count). The predicted octanol–water partition coefficient (Wildman–Crippen LogP) is 2.10. The molecule has 0 aliphatic rings. The Kier molecular flexibility index (Phi) is 13.2. The Morgan fingerprint density at radius 2 is 1.50 bits per heavy atom. The van der Waals surface area contributed by atoms with Crippen LogP contribution < -0.4 is 17.0 Å². The fraction of sp³-hybridized carbons (Fsp3) is 0.684. The molecule has 0 amide bonds. The highest BCUT2D eigenvalue weighted by atomic mass is 35.5. The van der Waals surface area contributed by atoms with Crippen molar-refractivity contribution in [3.63, 3.8) is 0 Å². The lowest BCUT2D eigenvalue weighted by Gasteiger charge is -2.02. The second-order valence-corrected chi connectivity index (χ2v) is 6.07. The van der Waals surface area contributed by atoms with Gasteiger partial charge in [-0.15, -0.1) is 0 Å². The highest BCUT2D eigenvalue weighted by molar-refractivity contribution is 5.93. The summed E-state index contributed by atoms with van der Waals surface area (Å²) in [6, 6.07) is 3.85. The van der Waals surface area contributed by atoms with E-state index in [1.165, 1.54) is 64.2 Å². The topological polar surface area (TPSA) is 20.9 Å². The van der Waals surface area contributed by atoms with E-state index in [1.807, 2.05) is 18.3 Å². The van der Waals surface area contributed by atoms with E-state index in [-0.39, 0.29) is 18.2 Å². The van der Waals surface area contributed by atoms with Gasteiger partial charge in [-0.3, -0.25) is 4.79 Å². The Morgan fingerprint density at radius 1 is 0.955 bits per heavy atom. The van der Waals surface area contributed by atoms with Gasteiger partial charge in [-0.25, -0.2) is 4.57 Å². The standard InChI is InChI=1S/C19H32NO.ClH/c1-3-4-5-6-7-8-9-10-11-12-15-20-16-13-14-19(17-20)18(2)21;/h13-14,16-17H,3-12,15H2,1-2H3;1H/q+1;/p-1. The largest absolute Gasteiger partial charge is 1.00 e. The van der Waals surface area contributed by atoms with Gasteiger partial charge < -0.3 is 12.4 Å². The zero-order valence-electron chi connectivity index (χ0n) is 14.3. The van der Waals surface area contributed by atoms with Crippen molar-refractivity contribution in [2.75, 3.05) is 0 Å². The molecule has 0 atom stereocenters. The van der Waals surface area contributed by atoms with E-state index >= 15 is 0 Å². The quantitative estimate of drug-likeness (QED) is 0.327. The molecular weight excluding hydrogens is 294 g/mol. The molecule has 0 fully saturated rings. The van der Waals surface area contributed by atoms with E-state index in [0.717, 1.165) is 12.1 Å². The summed E-state index contributed by atoms with van der Waals surface area (Å²) in [6.45, 7) is 4.92. The molecule has 0 unspecified atom stereocenters. The first kappa shape index (κ1) is 21.1. The normalized spacial score (nSPS) is 10.3. The first-order chi connectivity index (χ1) is 10.2. The SMILES string of the molecule is CCCCCCCCCCCC[n+]1cccc(C(C)=O)c1.[Cl-]. The molecule has 0 aliphatic carbocycles.